The predicted octanol–water partition coefficient (Wildman–Crippen LogP) is 2.89. The molecule has 0 amide bonds. The molecule has 0 bridgehead atoms. The van der Waals surface area contributed by atoms with E-state index in [0.29, 0.717) is 0 Å². The fourth-order valence-corrected chi connectivity index (χ4v) is 1.69. The lowest BCUT2D eigenvalue weighted by Gasteiger charge is -2.36. The monoisotopic (exact) mass is 178 g/mol. The Morgan fingerprint density at radius 2 is 1.92 bits per heavy atom. The normalized spacial score (nSPS) is 24.7. The maximum Gasteiger partial charge on any atom is 0.205 e. The van der Waals surface area contributed by atoms with Crippen molar-refractivity contribution in [1.29, 1.82) is 0 Å². The Morgan fingerprint density at radius 3 is 2.69 bits per heavy atom. The molecule has 1 heterocycles. The van der Waals surface area contributed by atoms with E-state index in [9.17, 15) is 0 Å². The number of ether oxygens (including phenoxy) is 2. The third-order valence-corrected chi connectivity index (χ3v) is 2.17. The Hall–Kier alpha value is -1.02. The van der Waals surface area contributed by atoms with Crippen molar-refractivity contribution in [2.24, 2.45) is 0 Å². The van der Waals surface area contributed by atoms with E-state index in [1.165, 1.54) is 0 Å². The molecule has 1 atom stereocenters. The van der Waals surface area contributed by atoms with E-state index in [4.69, 9.17) is 9.47 Å². The molecule has 0 spiro atoms. The number of rotatable bonds is 0. The Kier molecular flexibility index (Phi) is 1.81. The summed E-state index contributed by atoms with van der Waals surface area (Å²) in [5, 5.41) is 0. The SMILES string of the molecule is CC1OC(C)(C)Oc2ccccc21. The van der Waals surface area contributed by atoms with Crippen molar-refractivity contribution < 1.29 is 9.47 Å². The van der Waals surface area contributed by atoms with Gasteiger partial charge in [0.05, 0.1) is 6.10 Å². The molecule has 0 radical (unpaired) electrons. The topological polar surface area (TPSA) is 18.5 Å². The van der Waals surface area contributed by atoms with Gasteiger partial charge in [0.2, 0.25) is 5.79 Å². The van der Waals surface area contributed by atoms with Crippen molar-refractivity contribution in [3.63, 3.8) is 0 Å². The molecule has 1 aliphatic heterocycles. The van der Waals surface area contributed by atoms with Crippen LogP contribution in [0.4, 0.5) is 0 Å². The van der Waals surface area contributed by atoms with Crippen molar-refractivity contribution in [2.45, 2.75) is 32.7 Å². The molecule has 2 nitrogen and oxygen atoms in total. The van der Waals surface area contributed by atoms with Crippen molar-refractivity contribution in [2.75, 3.05) is 0 Å². The van der Waals surface area contributed by atoms with E-state index in [0.717, 1.165) is 11.3 Å². The highest BCUT2D eigenvalue weighted by atomic mass is 16.7. The van der Waals surface area contributed by atoms with Gasteiger partial charge >= 0.3 is 0 Å². The fourth-order valence-electron chi connectivity index (χ4n) is 1.69. The zero-order valence-electron chi connectivity index (χ0n) is 8.20. The van der Waals surface area contributed by atoms with Gasteiger partial charge in [-0.05, 0) is 13.0 Å². The van der Waals surface area contributed by atoms with Crippen molar-refractivity contribution >= 4 is 0 Å². The molecule has 0 aromatic heterocycles. The van der Waals surface area contributed by atoms with Crippen LogP contribution >= 0.6 is 0 Å². The summed E-state index contributed by atoms with van der Waals surface area (Å²) in [6, 6.07) is 8.00. The number of hydrogen-bond donors (Lipinski definition) is 0. The number of fused-ring (bicyclic) bond motifs is 1. The predicted molar refractivity (Wildman–Crippen MR) is 50.6 cm³/mol. The summed E-state index contributed by atoms with van der Waals surface area (Å²) in [4.78, 5) is 0. The van der Waals surface area contributed by atoms with Crippen LogP contribution in [0, 0.1) is 0 Å². The van der Waals surface area contributed by atoms with Crippen LogP contribution in [-0.2, 0) is 4.74 Å². The van der Waals surface area contributed by atoms with Gasteiger partial charge in [-0.3, -0.25) is 0 Å². The fraction of sp³-hybridized carbons (Fsp3) is 0.455. The van der Waals surface area contributed by atoms with E-state index in [1.807, 2.05) is 45.0 Å². The Bertz CT molecular complexity index is 318. The standard InChI is InChI=1S/C11H14O2/c1-8-9-6-4-5-7-10(9)13-11(2,3)12-8/h4-8H,1-3H3. The molecule has 0 N–H and O–H groups in total. The zero-order chi connectivity index (χ0) is 9.47. The minimum absolute atomic E-state index is 0.111. The minimum Gasteiger partial charge on any atom is -0.463 e. The van der Waals surface area contributed by atoms with Crippen LogP contribution in [-0.4, -0.2) is 5.79 Å². The highest BCUT2D eigenvalue weighted by Crippen LogP contribution is 2.37. The van der Waals surface area contributed by atoms with Gasteiger partial charge < -0.3 is 9.47 Å². The maximum atomic E-state index is 5.68. The second-order valence-electron chi connectivity index (χ2n) is 3.80. The molecule has 1 aliphatic rings. The van der Waals surface area contributed by atoms with Crippen LogP contribution in [0.2, 0.25) is 0 Å². The smallest absolute Gasteiger partial charge is 0.205 e. The molecule has 2 heteroatoms. The molecule has 0 saturated heterocycles. The Labute approximate surface area is 78.5 Å². The number of benzene rings is 1. The second-order valence-corrected chi connectivity index (χ2v) is 3.80. The quantitative estimate of drug-likeness (QED) is 0.608. The highest BCUT2D eigenvalue weighted by Gasteiger charge is 2.31. The maximum absolute atomic E-state index is 5.68. The second kappa shape index (κ2) is 2.74. The summed E-state index contributed by atoms with van der Waals surface area (Å²) in [7, 11) is 0. The summed E-state index contributed by atoms with van der Waals surface area (Å²) >= 11 is 0. The van der Waals surface area contributed by atoms with E-state index in [-0.39, 0.29) is 6.10 Å². The first-order valence-corrected chi connectivity index (χ1v) is 4.54. The molecule has 1 aromatic rings. The molecule has 0 aliphatic carbocycles. The van der Waals surface area contributed by atoms with Crippen LogP contribution in [0.1, 0.15) is 32.4 Å². The van der Waals surface area contributed by atoms with Gasteiger partial charge in [0, 0.05) is 19.4 Å². The van der Waals surface area contributed by atoms with Crippen LogP contribution in [0.5, 0.6) is 5.75 Å². The highest BCUT2D eigenvalue weighted by molar-refractivity contribution is 5.36. The third kappa shape index (κ3) is 1.54. The average Bonchev–Trinajstić information content (AvgIpc) is 2.02. The minimum atomic E-state index is -0.506. The third-order valence-electron chi connectivity index (χ3n) is 2.17. The summed E-state index contributed by atoms with van der Waals surface area (Å²) in [5.41, 5.74) is 1.13. The van der Waals surface area contributed by atoms with Crippen LogP contribution in [0.3, 0.4) is 0 Å². The average molecular weight is 178 g/mol. The van der Waals surface area contributed by atoms with E-state index in [1.54, 1.807) is 0 Å². The van der Waals surface area contributed by atoms with Gasteiger partial charge in [-0.25, -0.2) is 0 Å². The van der Waals surface area contributed by atoms with E-state index < -0.39 is 5.79 Å². The molecule has 0 saturated carbocycles. The lowest BCUT2D eigenvalue weighted by Crippen LogP contribution is -2.36. The largest absolute Gasteiger partial charge is 0.463 e. The van der Waals surface area contributed by atoms with Crippen molar-refractivity contribution in [3.8, 4) is 5.75 Å². The molecule has 1 unspecified atom stereocenters. The summed E-state index contributed by atoms with van der Waals surface area (Å²) in [6.45, 7) is 5.90. The first-order valence-electron chi connectivity index (χ1n) is 4.54. The Balaban J connectivity index is 2.43. The molecule has 1 aromatic carbocycles. The number of para-hydroxylation sites is 1. The van der Waals surface area contributed by atoms with Crippen molar-refractivity contribution in [3.05, 3.63) is 29.8 Å². The Morgan fingerprint density at radius 1 is 1.23 bits per heavy atom. The zero-order valence-corrected chi connectivity index (χ0v) is 8.20. The molecule has 2 rings (SSSR count). The number of hydrogen-bond acceptors (Lipinski definition) is 2. The van der Waals surface area contributed by atoms with Crippen LogP contribution < -0.4 is 4.74 Å². The summed E-state index contributed by atoms with van der Waals surface area (Å²) < 4.78 is 11.3. The lowest BCUT2D eigenvalue weighted by molar-refractivity contribution is -0.202. The van der Waals surface area contributed by atoms with Crippen molar-refractivity contribution in [1.82, 2.24) is 0 Å². The first-order chi connectivity index (χ1) is 6.08. The van der Waals surface area contributed by atoms with E-state index in [2.05, 4.69) is 0 Å². The molecular weight excluding hydrogens is 164 g/mol. The van der Waals surface area contributed by atoms with Crippen LogP contribution in [0.25, 0.3) is 0 Å². The molecule has 13 heavy (non-hydrogen) atoms. The van der Waals surface area contributed by atoms with Gasteiger partial charge in [0.15, 0.2) is 0 Å². The van der Waals surface area contributed by atoms with Gasteiger partial charge in [0.1, 0.15) is 5.75 Å². The molecule has 70 valence electrons. The summed E-state index contributed by atoms with van der Waals surface area (Å²) in [5.74, 6) is 0.430. The lowest BCUT2D eigenvalue weighted by atomic mass is 10.1. The van der Waals surface area contributed by atoms with E-state index >= 15 is 0 Å². The molecule has 0 fully saturated rings. The van der Waals surface area contributed by atoms with Gasteiger partial charge in [-0.15, -0.1) is 0 Å². The first kappa shape index (κ1) is 8.57. The molecular formula is C11H14O2. The van der Waals surface area contributed by atoms with Gasteiger partial charge in [-0.1, -0.05) is 18.2 Å². The van der Waals surface area contributed by atoms with Gasteiger partial charge in [-0.2, -0.15) is 0 Å². The van der Waals surface area contributed by atoms with Gasteiger partial charge in [0.25, 0.3) is 0 Å². The summed E-state index contributed by atoms with van der Waals surface area (Å²) in [6.07, 6.45) is 0.111. The van der Waals surface area contributed by atoms with Crippen LogP contribution in [0.15, 0.2) is 24.3 Å².